The van der Waals surface area contributed by atoms with Gasteiger partial charge in [-0.25, -0.2) is 4.72 Å². The summed E-state index contributed by atoms with van der Waals surface area (Å²) in [4.78, 5) is 0. The van der Waals surface area contributed by atoms with Gasteiger partial charge in [0.2, 0.25) is 0 Å². The molecule has 0 atom stereocenters. The van der Waals surface area contributed by atoms with Gasteiger partial charge < -0.3 is 0 Å². The van der Waals surface area contributed by atoms with Gasteiger partial charge >= 0.3 is 0 Å². The van der Waals surface area contributed by atoms with Crippen molar-refractivity contribution >= 4 is 10.2 Å². The van der Waals surface area contributed by atoms with Crippen LogP contribution in [0.4, 0.5) is 0 Å². The molecular weight excluding hydrogens is 212 g/mol. The van der Waals surface area contributed by atoms with Crippen molar-refractivity contribution in [1.82, 2.24) is 9.44 Å². The van der Waals surface area contributed by atoms with Gasteiger partial charge in [0.15, 0.2) is 0 Å². The molecule has 1 aliphatic rings. The Morgan fingerprint density at radius 3 is 2.27 bits per heavy atom. The monoisotopic (exact) mass is 234 g/mol. The fourth-order valence-electron chi connectivity index (χ4n) is 1.89. The van der Waals surface area contributed by atoms with Crippen LogP contribution in [0.15, 0.2) is 0 Å². The first kappa shape index (κ1) is 12.9. The molecule has 15 heavy (non-hydrogen) atoms. The highest BCUT2D eigenvalue weighted by molar-refractivity contribution is 7.87. The van der Waals surface area contributed by atoms with Gasteiger partial charge in [0.1, 0.15) is 0 Å². The van der Waals surface area contributed by atoms with E-state index in [4.69, 9.17) is 0 Å². The molecule has 0 unspecified atom stereocenters. The molecular formula is C10H22N2O2S. The second-order valence-corrected chi connectivity index (χ2v) is 5.74. The molecule has 0 heterocycles. The molecule has 90 valence electrons. The summed E-state index contributed by atoms with van der Waals surface area (Å²) < 4.78 is 28.4. The van der Waals surface area contributed by atoms with Crippen molar-refractivity contribution in [3.8, 4) is 0 Å². The van der Waals surface area contributed by atoms with Crippen molar-refractivity contribution in [2.45, 2.75) is 57.9 Å². The van der Waals surface area contributed by atoms with Gasteiger partial charge in [-0.1, -0.05) is 32.6 Å². The van der Waals surface area contributed by atoms with Crippen molar-refractivity contribution in [2.75, 3.05) is 6.54 Å². The minimum atomic E-state index is -3.26. The molecule has 1 rings (SSSR count). The van der Waals surface area contributed by atoms with Crippen LogP contribution in [0.5, 0.6) is 0 Å². The maximum Gasteiger partial charge on any atom is 0.277 e. The number of hydrogen-bond acceptors (Lipinski definition) is 2. The Morgan fingerprint density at radius 1 is 1.13 bits per heavy atom. The fraction of sp³-hybridized carbons (Fsp3) is 1.00. The molecule has 4 nitrogen and oxygen atoms in total. The zero-order valence-electron chi connectivity index (χ0n) is 9.46. The smallest absolute Gasteiger partial charge is 0.202 e. The van der Waals surface area contributed by atoms with Crippen LogP contribution in [0.25, 0.3) is 0 Å². The number of rotatable bonds is 5. The quantitative estimate of drug-likeness (QED) is 0.709. The van der Waals surface area contributed by atoms with Crippen LogP contribution in [0.3, 0.4) is 0 Å². The lowest BCUT2D eigenvalue weighted by atomic mass is 10.1. The van der Waals surface area contributed by atoms with Crippen LogP contribution < -0.4 is 9.44 Å². The Morgan fingerprint density at radius 2 is 1.73 bits per heavy atom. The highest BCUT2D eigenvalue weighted by Crippen LogP contribution is 2.17. The second-order valence-electron chi connectivity index (χ2n) is 4.20. The van der Waals surface area contributed by atoms with E-state index in [1.165, 1.54) is 12.8 Å². The molecule has 1 aliphatic carbocycles. The first-order chi connectivity index (χ1) is 7.14. The second kappa shape index (κ2) is 6.45. The molecule has 0 spiro atoms. The molecule has 0 aromatic heterocycles. The van der Waals surface area contributed by atoms with Crippen molar-refractivity contribution in [3.05, 3.63) is 0 Å². The summed E-state index contributed by atoms with van der Waals surface area (Å²) in [6.07, 6.45) is 7.54. The molecule has 5 heteroatoms. The Balaban J connectivity index is 2.37. The van der Waals surface area contributed by atoms with E-state index in [0.29, 0.717) is 6.54 Å². The topological polar surface area (TPSA) is 58.2 Å². The Hall–Kier alpha value is -0.130. The normalized spacial score (nSPS) is 20.1. The van der Waals surface area contributed by atoms with Crippen LogP contribution in [0, 0.1) is 0 Å². The Labute approximate surface area is 93.0 Å². The predicted octanol–water partition coefficient (Wildman–Crippen LogP) is 1.54. The van der Waals surface area contributed by atoms with Gasteiger partial charge in [0.05, 0.1) is 0 Å². The molecule has 0 aromatic rings. The molecule has 0 radical (unpaired) electrons. The van der Waals surface area contributed by atoms with Crippen molar-refractivity contribution in [2.24, 2.45) is 0 Å². The maximum atomic E-state index is 11.5. The number of hydrogen-bond donors (Lipinski definition) is 2. The Bertz CT molecular complexity index is 257. The summed E-state index contributed by atoms with van der Waals surface area (Å²) in [5, 5.41) is 0. The molecule has 0 bridgehead atoms. The molecule has 0 aromatic carbocycles. The van der Waals surface area contributed by atoms with Crippen molar-refractivity contribution in [3.63, 3.8) is 0 Å². The fourth-order valence-corrected chi connectivity index (χ4v) is 3.13. The third-order valence-electron chi connectivity index (χ3n) is 2.72. The third-order valence-corrected chi connectivity index (χ3v) is 3.95. The molecule has 1 fully saturated rings. The van der Waals surface area contributed by atoms with Crippen LogP contribution >= 0.6 is 0 Å². The van der Waals surface area contributed by atoms with Crippen molar-refractivity contribution < 1.29 is 8.42 Å². The largest absolute Gasteiger partial charge is 0.277 e. The standard InChI is InChI=1S/C10H22N2O2S/c1-2-9-11-15(13,14)12-10-7-5-3-4-6-8-10/h10-12H,2-9H2,1H3. The summed E-state index contributed by atoms with van der Waals surface area (Å²) in [6, 6.07) is 0.141. The zero-order valence-corrected chi connectivity index (χ0v) is 10.3. The zero-order chi connectivity index (χ0) is 11.1. The van der Waals surface area contributed by atoms with Gasteiger partial charge in [-0.15, -0.1) is 0 Å². The van der Waals surface area contributed by atoms with E-state index < -0.39 is 10.2 Å². The van der Waals surface area contributed by atoms with E-state index >= 15 is 0 Å². The molecule has 1 saturated carbocycles. The third kappa shape index (κ3) is 5.49. The predicted molar refractivity (Wildman–Crippen MR) is 61.8 cm³/mol. The van der Waals surface area contributed by atoms with Crippen LogP contribution in [0.2, 0.25) is 0 Å². The Kier molecular flexibility index (Phi) is 5.56. The van der Waals surface area contributed by atoms with E-state index in [0.717, 1.165) is 32.1 Å². The lowest BCUT2D eigenvalue weighted by molar-refractivity contribution is 0.502. The SMILES string of the molecule is CCCNS(=O)(=O)NC1CCCCCC1. The molecule has 0 saturated heterocycles. The maximum absolute atomic E-state index is 11.5. The van der Waals surface area contributed by atoms with Gasteiger partial charge in [0.25, 0.3) is 10.2 Å². The summed E-state index contributed by atoms with van der Waals surface area (Å²) in [5.74, 6) is 0. The van der Waals surface area contributed by atoms with E-state index in [9.17, 15) is 8.42 Å². The highest BCUT2D eigenvalue weighted by atomic mass is 32.2. The van der Waals surface area contributed by atoms with Gasteiger partial charge in [-0.3, -0.25) is 0 Å². The number of nitrogens with one attached hydrogen (secondary N) is 2. The summed E-state index contributed by atoms with van der Waals surface area (Å²) in [6.45, 7) is 2.47. The van der Waals surface area contributed by atoms with E-state index in [2.05, 4.69) is 9.44 Å². The molecule has 0 amide bonds. The summed E-state index contributed by atoms with van der Waals surface area (Å²) >= 11 is 0. The van der Waals surface area contributed by atoms with Crippen molar-refractivity contribution in [1.29, 1.82) is 0 Å². The van der Waals surface area contributed by atoms with Gasteiger partial charge in [-0.2, -0.15) is 13.1 Å². The minimum absolute atomic E-state index is 0.141. The van der Waals surface area contributed by atoms with E-state index in [-0.39, 0.29) is 6.04 Å². The average Bonchev–Trinajstić information content (AvgIpc) is 2.43. The van der Waals surface area contributed by atoms with Gasteiger partial charge in [0, 0.05) is 12.6 Å². The average molecular weight is 234 g/mol. The van der Waals surface area contributed by atoms with Crippen LogP contribution in [-0.4, -0.2) is 21.0 Å². The van der Waals surface area contributed by atoms with Crippen LogP contribution in [0.1, 0.15) is 51.9 Å². The minimum Gasteiger partial charge on any atom is -0.202 e. The van der Waals surface area contributed by atoms with Gasteiger partial charge in [-0.05, 0) is 19.3 Å². The molecule has 0 aliphatic heterocycles. The lowest BCUT2D eigenvalue weighted by Gasteiger charge is -2.16. The first-order valence-corrected chi connectivity index (χ1v) is 7.39. The highest BCUT2D eigenvalue weighted by Gasteiger charge is 2.18. The van der Waals surface area contributed by atoms with E-state index in [1.54, 1.807) is 0 Å². The lowest BCUT2D eigenvalue weighted by Crippen LogP contribution is -2.42. The molecule has 2 N–H and O–H groups in total. The summed E-state index contributed by atoms with van der Waals surface area (Å²) in [7, 11) is -3.26. The van der Waals surface area contributed by atoms with E-state index in [1.807, 2.05) is 6.92 Å². The first-order valence-electron chi connectivity index (χ1n) is 5.91. The van der Waals surface area contributed by atoms with Crippen LogP contribution in [-0.2, 0) is 10.2 Å². The summed E-state index contributed by atoms with van der Waals surface area (Å²) in [5.41, 5.74) is 0.